The van der Waals surface area contributed by atoms with Crippen LogP contribution in [0, 0.1) is 5.92 Å². The first-order valence-corrected chi connectivity index (χ1v) is 8.53. The van der Waals surface area contributed by atoms with Gasteiger partial charge < -0.3 is 5.32 Å². The summed E-state index contributed by atoms with van der Waals surface area (Å²) in [6.45, 7) is 12.2. The number of hydrogen-bond donors (Lipinski definition) is 1. The van der Waals surface area contributed by atoms with Gasteiger partial charge in [-0.2, -0.15) is 0 Å². The fourth-order valence-corrected chi connectivity index (χ4v) is 2.73. The molecule has 6 nitrogen and oxygen atoms in total. The molecule has 0 radical (unpaired) electrons. The summed E-state index contributed by atoms with van der Waals surface area (Å²) in [5.74, 6) is 0.296. The number of aromatic nitrogens is 3. The molecule has 1 amide bonds. The molecule has 1 fully saturated rings. The lowest BCUT2D eigenvalue weighted by Gasteiger charge is -2.31. The number of piperidine rings is 1. The number of carbonyl (C=O) groups is 1. The Hall–Kier alpha value is -1.69. The van der Waals surface area contributed by atoms with Gasteiger partial charge in [-0.15, -0.1) is 5.10 Å². The van der Waals surface area contributed by atoms with Crippen LogP contribution in [0.1, 0.15) is 57.1 Å². The van der Waals surface area contributed by atoms with Gasteiger partial charge in [0.1, 0.15) is 0 Å². The summed E-state index contributed by atoms with van der Waals surface area (Å²) in [7, 11) is 0. The van der Waals surface area contributed by atoms with E-state index < -0.39 is 0 Å². The highest BCUT2D eigenvalue weighted by Gasteiger charge is 2.22. The second-order valence-electron chi connectivity index (χ2n) is 6.83. The Morgan fingerprint density at radius 3 is 2.74 bits per heavy atom. The third kappa shape index (κ3) is 5.16. The van der Waals surface area contributed by atoms with Gasteiger partial charge in [0.2, 0.25) is 0 Å². The summed E-state index contributed by atoms with van der Waals surface area (Å²) in [6, 6.07) is 0.344. The van der Waals surface area contributed by atoms with E-state index in [1.54, 1.807) is 6.20 Å². The molecular weight excluding hydrogens is 290 g/mol. The van der Waals surface area contributed by atoms with Crippen molar-refractivity contribution in [2.45, 2.75) is 46.6 Å². The number of likely N-dealkylation sites (tertiary alicyclic amines) is 1. The van der Waals surface area contributed by atoms with Gasteiger partial charge in [0.25, 0.3) is 5.91 Å². The van der Waals surface area contributed by atoms with Gasteiger partial charge in [-0.25, -0.2) is 4.68 Å². The lowest BCUT2D eigenvalue weighted by Crippen LogP contribution is -2.35. The first kappa shape index (κ1) is 17.7. The minimum absolute atomic E-state index is 0.133. The molecule has 0 bridgehead atoms. The van der Waals surface area contributed by atoms with Crippen molar-refractivity contribution < 1.29 is 4.79 Å². The highest BCUT2D eigenvalue weighted by atomic mass is 16.2. The van der Waals surface area contributed by atoms with Gasteiger partial charge in [0.15, 0.2) is 5.69 Å². The van der Waals surface area contributed by atoms with Crippen LogP contribution in [-0.4, -0.2) is 52.0 Å². The lowest BCUT2D eigenvalue weighted by molar-refractivity contribution is 0.0944. The van der Waals surface area contributed by atoms with Crippen molar-refractivity contribution in [1.82, 2.24) is 25.2 Å². The Bertz CT molecular complexity index is 541. The molecule has 0 atom stereocenters. The van der Waals surface area contributed by atoms with Crippen LogP contribution in [0.3, 0.4) is 0 Å². The molecule has 2 rings (SSSR count). The van der Waals surface area contributed by atoms with Crippen LogP contribution in [0.15, 0.2) is 17.8 Å². The van der Waals surface area contributed by atoms with E-state index in [0.717, 1.165) is 32.5 Å². The third-order valence-electron chi connectivity index (χ3n) is 4.31. The predicted octanol–water partition coefficient (Wildman–Crippen LogP) is 2.27. The number of nitrogens with one attached hydrogen (secondary N) is 1. The smallest absolute Gasteiger partial charge is 0.273 e. The molecule has 0 saturated carbocycles. The van der Waals surface area contributed by atoms with Crippen LogP contribution < -0.4 is 5.32 Å². The lowest BCUT2D eigenvalue weighted by atomic mass is 10.0. The van der Waals surface area contributed by atoms with Crippen molar-refractivity contribution in [3.05, 3.63) is 23.5 Å². The minimum Gasteiger partial charge on any atom is -0.350 e. The Kier molecular flexibility index (Phi) is 6.33. The molecular formula is C17H29N5O. The van der Waals surface area contributed by atoms with E-state index >= 15 is 0 Å². The maximum absolute atomic E-state index is 12.0. The third-order valence-corrected chi connectivity index (χ3v) is 4.31. The summed E-state index contributed by atoms with van der Waals surface area (Å²) in [6.07, 6.45) is 6.06. The van der Waals surface area contributed by atoms with Gasteiger partial charge in [-0.05, 0) is 32.6 Å². The van der Waals surface area contributed by atoms with E-state index in [4.69, 9.17) is 0 Å². The Morgan fingerprint density at radius 1 is 1.43 bits per heavy atom. The molecule has 1 aromatic heterocycles. The largest absolute Gasteiger partial charge is 0.350 e. The molecule has 1 aromatic rings. The van der Waals surface area contributed by atoms with Crippen LogP contribution in [0.4, 0.5) is 0 Å². The molecule has 23 heavy (non-hydrogen) atoms. The molecule has 2 heterocycles. The summed E-state index contributed by atoms with van der Waals surface area (Å²) >= 11 is 0. The van der Waals surface area contributed by atoms with Gasteiger partial charge >= 0.3 is 0 Å². The van der Waals surface area contributed by atoms with Crippen molar-refractivity contribution in [2.24, 2.45) is 5.92 Å². The van der Waals surface area contributed by atoms with Crippen LogP contribution in [0.2, 0.25) is 0 Å². The molecule has 128 valence electrons. The summed E-state index contributed by atoms with van der Waals surface area (Å²) in [5, 5.41) is 11.1. The highest BCUT2D eigenvalue weighted by Crippen LogP contribution is 2.22. The fraction of sp³-hybridized carbons (Fsp3) is 0.706. The normalized spacial score (nSPS) is 17.7. The van der Waals surface area contributed by atoms with Crippen LogP contribution >= 0.6 is 0 Å². The molecule has 0 spiro atoms. The van der Waals surface area contributed by atoms with E-state index in [1.807, 2.05) is 4.68 Å². The van der Waals surface area contributed by atoms with E-state index in [-0.39, 0.29) is 5.91 Å². The summed E-state index contributed by atoms with van der Waals surface area (Å²) < 4.78 is 1.87. The van der Waals surface area contributed by atoms with Crippen LogP contribution in [-0.2, 0) is 0 Å². The van der Waals surface area contributed by atoms with Crippen molar-refractivity contribution in [3.63, 3.8) is 0 Å². The van der Waals surface area contributed by atoms with Crippen molar-refractivity contribution in [1.29, 1.82) is 0 Å². The van der Waals surface area contributed by atoms with Gasteiger partial charge in [-0.3, -0.25) is 9.69 Å². The van der Waals surface area contributed by atoms with Crippen molar-refractivity contribution >= 4 is 5.91 Å². The molecule has 1 aliphatic heterocycles. The minimum atomic E-state index is -0.133. The van der Waals surface area contributed by atoms with E-state index in [2.05, 4.69) is 54.3 Å². The highest BCUT2D eigenvalue weighted by molar-refractivity contribution is 5.91. The second-order valence-corrected chi connectivity index (χ2v) is 6.83. The number of hydrogen-bond acceptors (Lipinski definition) is 4. The van der Waals surface area contributed by atoms with E-state index in [0.29, 0.717) is 24.2 Å². The van der Waals surface area contributed by atoms with Crippen LogP contribution in [0.25, 0.3) is 0 Å². The van der Waals surface area contributed by atoms with Gasteiger partial charge in [-0.1, -0.05) is 30.7 Å². The maximum Gasteiger partial charge on any atom is 0.273 e. The SMILES string of the molecule is CC=C(C)CN1CCC(n2cc(C(=O)NCC(C)C)nn2)CC1. The Labute approximate surface area is 138 Å². The average molecular weight is 319 g/mol. The van der Waals surface area contributed by atoms with E-state index in [9.17, 15) is 4.79 Å². The zero-order valence-electron chi connectivity index (χ0n) is 14.7. The van der Waals surface area contributed by atoms with Crippen molar-refractivity contribution in [2.75, 3.05) is 26.2 Å². The monoisotopic (exact) mass is 319 g/mol. The summed E-state index contributed by atoms with van der Waals surface area (Å²) in [4.78, 5) is 14.5. The standard InChI is InChI=1S/C17H29N5O/c1-5-14(4)11-21-8-6-15(7-9-21)22-12-16(19-20-22)17(23)18-10-13(2)3/h5,12-13,15H,6-11H2,1-4H3,(H,18,23). The molecule has 1 N–H and O–H groups in total. The first-order valence-electron chi connectivity index (χ1n) is 8.53. The number of nitrogens with zero attached hydrogens (tertiary/aromatic N) is 4. The van der Waals surface area contributed by atoms with E-state index in [1.165, 1.54) is 5.57 Å². The molecule has 6 heteroatoms. The number of rotatable bonds is 6. The molecule has 0 aliphatic carbocycles. The predicted molar refractivity (Wildman–Crippen MR) is 91.3 cm³/mol. The fourth-order valence-electron chi connectivity index (χ4n) is 2.73. The number of amides is 1. The average Bonchev–Trinajstić information content (AvgIpc) is 3.03. The number of carbonyl (C=O) groups excluding carboxylic acids is 1. The summed E-state index contributed by atoms with van der Waals surface area (Å²) in [5.41, 5.74) is 1.83. The molecule has 0 aromatic carbocycles. The van der Waals surface area contributed by atoms with Crippen LogP contribution in [0.5, 0.6) is 0 Å². The van der Waals surface area contributed by atoms with Gasteiger partial charge in [0, 0.05) is 26.2 Å². The number of allylic oxidation sites excluding steroid dienone is 1. The molecule has 1 saturated heterocycles. The second kappa shape index (κ2) is 8.24. The molecule has 0 unspecified atom stereocenters. The van der Waals surface area contributed by atoms with Crippen molar-refractivity contribution in [3.8, 4) is 0 Å². The Balaban J connectivity index is 1.86. The quantitative estimate of drug-likeness (QED) is 0.817. The zero-order valence-corrected chi connectivity index (χ0v) is 14.7. The van der Waals surface area contributed by atoms with Gasteiger partial charge in [0.05, 0.1) is 12.2 Å². The molecule has 1 aliphatic rings. The first-order chi connectivity index (χ1) is 11.0. The topological polar surface area (TPSA) is 63.1 Å². The Morgan fingerprint density at radius 2 is 2.13 bits per heavy atom. The maximum atomic E-state index is 12.0. The zero-order chi connectivity index (χ0) is 16.8.